The second kappa shape index (κ2) is 12.8. The molecule has 2 aliphatic carbocycles. The number of para-hydroxylation sites is 3. The van der Waals surface area contributed by atoms with Gasteiger partial charge >= 0.3 is 0 Å². The Labute approximate surface area is 327 Å². The Bertz CT molecular complexity index is 2510. The van der Waals surface area contributed by atoms with Crippen LogP contribution in [0.25, 0.3) is 5.57 Å². The molecule has 0 bridgehead atoms. The highest BCUT2D eigenvalue weighted by Gasteiger charge is 2.52. The zero-order valence-electron chi connectivity index (χ0n) is 32.9. The minimum Gasteiger partial charge on any atom is -0.458 e. The number of hydrogen-bond donors (Lipinski definition) is 0. The van der Waals surface area contributed by atoms with E-state index in [1.807, 2.05) is 0 Å². The van der Waals surface area contributed by atoms with E-state index in [2.05, 4.69) is 186 Å². The number of fused-ring (bicyclic) bond motifs is 10. The molecule has 270 valence electrons. The second-order valence-electron chi connectivity index (χ2n) is 16.9. The molecule has 0 aromatic heterocycles. The summed E-state index contributed by atoms with van der Waals surface area (Å²) in [6, 6.07) is 48.1. The van der Waals surface area contributed by atoms with Gasteiger partial charge in [0.05, 0.1) is 16.8 Å². The van der Waals surface area contributed by atoms with Crippen molar-refractivity contribution < 1.29 is 4.74 Å². The minimum absolute atomic E-state index is 0.0626. The van der Waals surface area contributed by atoms with Gasteiger partial charge in [0.15, 0.2) is 0 Å². The number of benzene rings is 6. The van der Waals surface area contributed by atoms with Gasteiger partial charge in [-0.05, 0) is 116 Å². The van der Waals surface area contributed by atoms with E-state index in [1.165, 1.54) is 77.9 Å². The minimum atomic E-state index is -0.385. The van der Waals surface area contributed by atoms with Crippen molar-refractivity contribution in [1.82, 2.24) is 0 Å². The van der Waals surface area contributed by atoms with Crippen LogP contribution in [0.3, 0.4) is 0 Å². The summed E-state index contributed by atoms with van der Waals surface area (Å²) < 4.78 is 6.97. The predicted molar refractivity (Wildman–Crippen MR) is 233 cm³/mol. The molecule has 55 heavy (non-hydrogen) atoms. The van der Waals surface area contributed by atoms with Gasteiger partial charge in [-0.2, -0.15) is 0 Å². The van der Waals surface area contributed by atoms with Gasteiger partial charge in [0.1, 0.15) is 11.5 Å². The van der Waals surface area contributed by atoms with Gasteiger partial charge in [0.2, 0.25) is 0 Å². The SMILES string of the molecule is CC(C)c1cc(C(C)C)c(B2c3ccccc3Oc3cc(N4c5ccccc5C5(C6=C(CCC=C6)c6ccccc65)c5ccccc54)ccc32)c(C(C)C)c1. The van der Waals surface area contributed by atoms with E-state index in [0.29, 0.717) is 17.8 Å². The van der Waals surface area contributed by atoms with Gasteiger partial charge < -0.3 is 9.64 Å². The first-order valence-corrected chi connectivity index (χ1v) is 20.4. The Hall–Kier alpha value is -5.54. The van der Waals surface area contributed by atoms with E-state index in [0.717, 1.165) is 30.0 Å². The summed E-state index contributed by atoms with van der Waals surface area (Å²) in [7, 11) is 0. The predicted octanol–water partition coefficient (Wildman–Crippen LogP) is 11.9. The van der Waals surface area contributed by atoms with E-state index >= 15 is 0 Å². The van der Waals surface area contributed by atoms with Gasteiger partial charge in [0, 0.05) is 11.8 Å². The summed E-state index contributed by atoms with van der Waals surface area (Å²) in [6.07, 6.45) is 6.96. The number of anilines is 3. The first kappa shape index (κ1) is 34.0. The van der Waals surface area contributed by atoms with Crippen molar-refractivity contribution in [2.24, 2.45) is 0 Å². The zero-order chi connectivity index (χ0) is 37.6. The molecular weight excluding hydrogens is 665 g/mol. The number of hydrogen-bond acceptors (Lipinski definition) is 2. The highest BCUT2D eigenvalue weighted by Crippen LogP contribution is 2.63. The molecule has 2 aliphatic heterocycles. The van der Waals surface area contributed by atoms with Crippen LogP contribution in [0.1, 0.15) is 111 Å². The van der Waals surface area contributed by atoms with Crippen LogP contribution in [-0.4, -0.2) is 6.71 Å². The summed E-state index contributed by atoms with van der Waals surface area (Å²) in [4.78, 5) is 2.49. The summed E-state index contributed by atoms with van der Waals surface area (Å²) in [5.41, 5.74) is 19.7. The maximum atomic E-state index is 6.97. The van der Waals surface area contributed by atoms with Crippen LogP contribution in [0.2, 0.25) is 0 Å². The zero-order valence-corrected chi connectivity index (χ0v) is 32.9. The van der Waals surface area contributed by atoms with Crippen molar-refractivity contribution in [3.63, 3.8) is 0 Å². The van der Waals surface area contributed by atoms with Crippen LogP contribution in [0.4, 0.5) is 17.1 Å². The first-order chi connectivity index (χ1) is 26.8. The molecule has 2 heterocycles. The Morgan fingerprint density at radius 1 is 0.600 bits per heavy atom. The molecule has 2 nitrogen and oxygen atoms in total. The van der Waals surface area contributed by atoms with E-state index in [4.69, 9.17) is 4.74 Å². The van der Waals surface area contributed by atoms with Gasteiger partial charge in [-0.25, -0.2) is 0 Å². The van der Waals surface area contributed by atoms with Gasteiger partial charge in [0.25, 0.3) is 6.71 Å². The largest absolute Gasteiger partial charge is 0.458 e. The third-order valence-electron chi connectivity index (χ3n) is 12.8. The summed E-state index contributed by atoms with van der Waals surface area (Å²) in [5.74, 6) is 3.10. The van der Waals surface area contributed by atoms with Crippen LogP contribution in [0.15, 0.2) is 145 Å². The van der Waals surface area contributed by atoms with Gasteiger partial charge in [-0.1, -0.05) is 156 Å². The van der Waals surface area contributed by atoms with Crippen molar-refractivity contribution in [3.05, 3.63) is 184 Å². The first-order valence-electron chi connectivity index (χ1n) is 20.4. The number of nitrogens with zero attached hydrogens (tertiary/aromatic N) is 1. The standard InChI is InChI=1S/C52H48BNO/c1-32(2)35-29-39(33(3)4)51(40(30-35)34(5)6)53-45-23-13-16-26-49(45)55-50-31-36(27-28-46(50)53)54-47-24-14-11-21-43(47)52(44-22-12-15-25-48(44)54)41-19-9-7-17-37(41)38-18-8-10-20-42(38)52/h7,9-17,19-34H,8,18H2,1-6H3. The summed E-state index contributed by atoms with van der Waals surface area (Å²) in [5, 5.41) is 0. The quantitative estimate of drug-likeness (QED) is 0.165. The number of rotatable bonds is 5. The van der Waals surface area contributed by atoms with Crippen molar-refractivity contribution >= 4 is 45.7 Å². The van der Waals surface area contributed by atoms with Crippen molar-refractivity contribution in [2.75, 3.05) is 4.90 Å². The van der Waals surface area contributed by atoms with Crippen molar-refractivity contribution in [2.45, 2.75) is 77.6 Å². The van der Waals surface area contributed by atoms with Gasteiger partial charge in [-0.15, -0.1) is 0 Å². The highest BCUT2D eigenvalue weighted by atomic mass is 16.5. The lowest BCUT2D eigenvalue weighted by molar-refractivity contribution is 0.487. The maximum absolute atomic E-state index is 6.97. The average molecular weight is 714 g/mol. The van der Waals surface area contributed by atoms with Crippen molar-refractivity contribution in [3.8, 4) is 11.5 Å². The third kappa shape index (κ3) is 4.88. The highest BCUT2D eigenvalue weighted by molar-refractivity contribution is 6.97. The fourth-order valence-electron chi connectivity index (χ4n) is 10.4. The monoisotopic (exact) mass is 713 g/mol. The summed E-state index contributed by atoms with van der Waals surface area (Å²) >= 11 is 0. The van der Waals surface area contributed by atoms with E-state index < -0.39 is 0 Å². The molecule has 4 aliphatic rings. The molecular formula is C52H48BNO. The van der Waals surface area contributed by atoms with E-state index in [-0.39, 0.29) is 12.1 Å². The lowest BCUT2D eigenvalue weighted by Crippen LogP contribution is -2.57. The van der Waals surface area contributed by atoms with Crippen LogP contribution in [0.5, 0.6) is 11.5 Å². The van der Waals surface area contributed by atoms with Gasteiger partial charge in [-0.3, -0.25) is 0 Å². The molecule has 0 radical (unpaired) electrons. The summed E-state index contributed by atoms with van der Waals surface area (Å²) in [6.45, 7) is 14.1. The Kier molecular flexibility index (Phi) is 7.89. The molecule has 10 rings (SSSR count). The molecule has 0 saturated carbocycles. The van der Waals surface area contributed by atoms with Crippen molar-refractivity contribution in [1.29, 1.82) is 0 Å². The molecule has 1 spiro atoms. The second-order valence-corrected chi connectivity index (χ2v) is 16.9. The lowest BCUT2D eigenvalue weighted by Gasteiger charge is -2.46. The number of allylic oxidation sites excluding steroid dienone is 4. The van der Waals surface area contributed by atoms with Crippen LogP contribution < -0.4 is 26.0 Å². The van der Waals surface area contributed by atoms with Crippen LogP contribution >= 0.6 is 0 Å². The molecule has 0 saturated heterocycles. The molecule has 3 heteroatoms. The normalized spacial score (nSPS) is 15.9. The molecule has 0 fully saturated rings. The van der Waals surface area contributed by atoms with Crippen LogP contribution in [0, 0.1) is 0 Å². The molecule has 6 aromatic rings. The Morgan fingerprint density at radius 2 is 1.20 bits per heavy atom. The van der Waals surface area contributed by atoms with E-state index in [1.54, 1.807) is 0 Å². The molecule has 0 unspecified atom stereocenters. The molecule has 6 aromatic carbocycles. The lowest BCUT2D eigenvalue weighted by atomic mass is 9.34. The molecule has 0 N–H and O–H groups in total. The number of ether oxygens (including phenoxy) is 1. The smallest absolute Gasteiger partial charge is 0.251 e. The molecule has 0 amide bonds. The van der Waals surface area contributed by atoms with Crippen LogP contribution in [-0.2, 0) is 5.41 Å². The van der Waals surface area contributed by atoms with E-state index in [9.17, 15) is 0 Å². The average Bonchev–Trinajstić information content (AvgIpc) is 3.50. The fourth-order valence-corrected chi connectivity index (χ4v) is 10.4. The maximum Gasteiger partial charge on any atom is 0.251 e. The fraction of sp³-hybridized carbons (Fsp3) is 0.231. The topological polar surface area (TPSA) is 12.5 Å². The molecule has 0 atom stereocenters. The third-order valence-corrected chi connectivity index (χ3v) is 12.8. The Morgan fingerprint density at radius 3 is 1.87 bits per heavy atom. The Balaban J connectivity index is 1.19.